The summed E-state index contributed by atoms with van der Waals surface area (Å²) in [6, 6.07) is 0. The second kappa shape index (κ2) is 4.75. The van der Waals surface area contributed by atoms with Crippen LogP contribution in [0.1, 0.15) is 33.6 Å². The molecule has 0 rings (SSSR count). The summed E-state index contributed by atoms with van der Waals surface area (Å²) in [6.45, 7) is 5.37. The number of carboxylic acid groups (broad SMARTS) is 1. The molecule has 14 heavy (non-hydrogen) atoms. The second-order valence-corrected chi connectivity index (χ2v) is 5.64. The molecular formula is C8H17NO4S. The highest BCUT2D eigenvalue weighted by molar-refractivity contribution is 7.89. The summed E-state index contributed by atoms with van der Waals surface area (Å²) in [5.74, 6) is -1.48. The van der Waals surface area contributed by atoms with Crippen LogP contribution in [0.15, 0.2) is 0 Å². The lowest BCUT2D eigenvalue weighted by Gasteiger charge is -2.23. The molecule has 0 aliphatic heterocycles. The van der Waals surface area contributed by atoms with Crippen molar-refractivity contribution in [2.45, 2.75) is 39.2 Å². The smallest absolute Gasteiger partial charge is 0.304 e. The largest absolute Gasteiger partial charge is 0.481 e. The molecule has 2 N–H and O–H groups in total. The molecule has 0 spiro atoms. The molecule has 0 aliphatic carbocycles. The molecule has 84 valence electrons. The van der Waals surface area contributed by atoms with Crippen molar-refractivity contribution >= 4 is 16.0 Å². The fourth-order valence-corrected chi connectivity index (χ4v) is 2.30. The van der Waals surface area contributed by atoms with Crippen LogP contribution in [0.25, 0.3) is 0 Å². The Labute approximate surface area is 84.6 Å². The van der Waals surface area contributed by atoms with Gasteiger partial charge < -0.3 is 5.11 Å². The molecule has 0 heterocycles. The molecule has 0 amide bonds. The molecule has 0 aromatic carbocycles. The molecule has 0 radical (unpaired) electrons. The zero-order valence-electron chi connectivity index (χ0n) is 8.70. The van der Waals surface area contributed by atoms with Crippen LogP contribution >= 0.6 is 0 Å². The van der Waals surface area contributed by atoms with E-state index in [1.54, 1.807) is 13.8 Å². The Morgan fingerprint density at radius 2 is 1.93 bits per heavy atom. The number of rotatable bonds is 6. The molecule has 0 aromatic rings. The number of hydrogen-bond donors (Lipinski definition) is 2. The fourth-order valence-electron chi connectivity index (χ4n) is 0.766. The van der Waals surface area contributed by atoms with Crippen LogP contribution in [0.2, 0.25) is 0 Å². The summed E-state index contributed by atoms with van der Waals surface area (Å²) in [4.78, 5) is 10.2. The van der Waals surface area contributed by atoms with Gasteiger partial charge in [0.05, 0.1) is 12.2 Å². The number of sulfonamides is 1. The van der Waals surface area contributed by atoms with Gasteiger partial charge >= 0.3 is 5.97 Å². The lowest BCUT2D eigenvalue weighted by molar-refractivity contribution is -0.136. The Morgan fingerprint density at radius 3 is 2.29 bits per heavy atom. The summed E-state index contributed by atoms with van der Waals surface area (Å²) in [5.41, 5.74) is -0.517. The first-order chi connectivity index (χ1) is 6.18. The van der Waals surface area contributed by atoms with E-state index in [0.29, 0.717) is 6.42 Å². The van der Waals surface area contributed by atoms with Crippen molar-refractivity contribution in [2.75, 3.05) is 5.75 Å². The third-order valence-corrected chi connectivity index (χ3v) is 3.51. The van der Waals surface area contributed by atoms with Crippen molar-refractivity contribution in [3.63, 3.8) is 0 Å². The lowest BCUT2D eigenvalue weighted by Crippen LogP contribution is -2.44. The van der Waals surface area contributed by atoms with Gasteiger partial charge in [-0.05, 0) is 20.3 Å². The molecule has 5 nitrogen and oxygen atoms in total. The first-order valence-corrected chi connectivity index (χ1v) is 6.07. The monoisotopic (exact) mass is 223 g/mol. The average molecular weight is 223 g/mol. The van der Waals surface area contributed by atoms with Gasteiger partial charge in [0.25, 0.3) is 0 Å². The Morgan fingerprint density at radius 1 is 1.43 bits per heavy atom. The molecule has 0 aliphatic rings. The average Bonchev–Trinajstić information content (AvgIpc) is 1.99. The van der Waals surface area contributed by atoms with E-state index in [1.807, 2.05) is 6.92 Å². The highest BCUT2D eigenvalue weighted by atomic mass is 32.2. The van der Waals surface area contributed by atoms with Crippen molar-refractivity contribution in [3.8, 4) is 0 Å². The number of hydrogen-bond acceptors (Lipinski definition) is 3. The van der Waals surface area contributed by atoms with E-state index in [-0.39, 0.29) is 12.2 Å². The summed E-state index contributed by atoms with van der Waals surface area (Å²) >= 11 is 0. The van der Waals surface area contributed by atoms with Crippen molar-refractivity contribution in [1.82, 2.24) is 4.72 Å². The quantitative estimate of drug-likeness (QED) is 0.689. The van der Waals surface area contributed by atoms with Gasteiger partial charge in [-0.25, -0.2) is 13.1 Å². The van der Waals surface area contributed by atoms with Gasteiger partial charge in [-0.15, -0.1) is 0 Å². The molecule has 0 aromatic heterocycles. The predicted octanol–water partition coefficient (Wildman–Crippen LogP) is 0.569. The van der Waals surface area contributed by atoms with E-state index in [2.05, 4.69) is 4.72 Å². The summed E-state index contributed by atoms with van der Waals surface area (Å²) in [7, 11) is -3.48. The standard InChI is InChI=1S/C8H17NO4S/c1-4-8(2,3)9-14(12,13)6-5-7(10)11/h9H,4-6H2,1-3H3,(H,10,11). The van der Waals surface area contributed by atoms with Crippen LogP contribution in [-0.4, -0.2) is 30.8 Å². The maximum atomic E-state index is 11.3. The maximum Gasteiger partial charge on any atom is 0.304 e. The third-order valence-electron chi connectivity index (χ3n) is 1.90. The lowest BCUT2D eigenvalue weighted by atomic mass is 10.0. The van der Waals surface area contributed by atoms with Crippen molar-refractivity contribution in [3.05, 3.63) is 0 Å². The zero-order valence-corrected chi connectivity index (χ0v) is 9.52. The van der Waals surface area contributed by atoms with Crippen LogP contribution in [-0.2, 0) is 14.8 Å². The predicted molar refractivity (Wildman–Crippen MR) is 53.5 cm³/mol. The number of carbonyl (C=O) groups is 1. The second-order valence-electron chi connectivity index (χ2n) is 3.80. The van der Waals surface area contributed by atoms with Crippen LogP contribution in [0.3, 0.4) is 0 Å². The molecule has 0 atom stereocenters. The molecule has 0 saturated heterocycles. The zero-order chi connectivity index (χ0) is 11.4. The van der Waals surface area contributed by atoms with Crippen LogP contribution < -0.4 is 4.72 Å². The van der Waals surface area contributed by atoms with Crippen molar-refractivity contribution < 1.29 is 18.3 Å². The normalized spacial score (nSPS) is 12.8. The molecule has 0 unspecified atom stereocenters. The number of nitrogens with one attached hydrogen (secondary N) is 1. The highest BCUT2D eigenvalue weighted by Gasteiger charge is 2.23. The Balaban J connectivity index is 4.29. The van der Waals surface area contributed by atoms with Gasteiger partial charge in [0.2, 0.25) is 10.0 Å². The molecule has 0 bridgehead atoms. The Kier molecular flexibility index (Phi) is 4.54. The van der Waals surface area contributed by atoms with Crippen LogP contribution in [0, 0.1) is 0 Å². The summed E-state index contributed by atoms with van der Waals surface area (Å²) < 4.78 is 25.1. The third kappa shape index (κ3) is 5.93. The molecule has 6 heteroatoms. The Bertz CT molecular complexity index is 294. The topological polar surface area (TPSA) is 83.5 Å². The van der Waals surface area contributed by atoms with E-state index in [0.717, 1.165) is 0 Å². The highest BCUT2D eigenvalue weighted by Crippen LogP contribution is 2.09. The van der Waals surface area contributed by atoms with Gasteiger partial charge in [-0.3, -0.25) is 4.79 Å². The van der Waals surface area contributed by atoms with Gasteiger partial charge in [0.1, 0.15) is 0 Å². The van der Waals surface area contributed by atoms with E-state index >= 15 is 0 Å². The van der Waals surface area contributed by atoms with Crippen LogP contribution in [0.5, 0.6) is 0 Å². The molecule has 0 saturated carbocycles. The summed E-state index contributed by atoms with van der Waals surface area (Å²) in [6.07, 6.45) is 0.286. The van der Waals surface area contributed by atoms with Gasteiger partial charge in [-0.2, -0.15) is 0 Å². The minimum atomic E-state index is -3.48. The van der Waals surface area contributed by atoms with Gasteiger partial charge in [0.15, 0.2) is 0 Å². The summed E-state index contributed by atoms with van der Waals surface area (Å²) in [5, 5.41) is 8.34. The van der Waals surface area contributed by atoms with E-state index in [9.17, 15) is 13.2 Å². The first-order valence-electron chi connectivity index (χ1n) is 4.42. The van der Waals surface area contributed by atoms with Gasteiger partial charge in [0, 0.05) is 5.54 Å². The minimum absolute atomic E-state index is 0.366. The number of aliphatic carboxylic acids is 1. The van der Waals surface area contributed by atoms with E-state index < -0.39 is 21.5 Å². The number of carboxylic acids is 1. The van der Waals surface area contributed by atoms with E-state index in [1.165, 1.54) is 0 Å². The Hall–Kier alpha value is -0.620. The molecule has 0 fully saturated rings. The minimum Gasteiger partial charge on any atom is -0.481 e. The fraction of sp³-hybridized carbons (Fsp3) is 0.875. The van der Waals surface area contributed by atoms with Crippen molar-refractivity contribution in [2.24, 2.45) is 0 Å². The van der Waals surface area contributed by atoms with Gasteiger partial charge in [-0.1, -0.05) is 6.92 Å². The first kappa shape index (κ1) is 13.4. The SMILES string of the molecule is CCC(C)(C)NS(=O)(=O)CCC(=O)O. The van der Waals surface area contributed by atoms with Crippen LogP contribution in [0.4, 0.5) is 0 Å². The molecular weight excluding hydrogens is 206 g/mol. The van der Waals surface area contributed by atoms with E-state index in [4.69, 9.17) is 5.11 Å². The van der Waals surface area contributed by atoms with Crippen molar-refractivity contribution in [1.29, 1.82) is 0 Å². The maximum absolute atomic E-state index is 11.3.